The molecule has 0 aliphatic rings. The van der Waals surface area contributed by atoms with Gasteiger partial charge in [-0.05, 0) is 12.8 Å². The maximum Gasteiger partial charge on any atom is 0.00833 e. The molecule has 0 saturated heterocycles. The molecule has 0 nitrogen and oxygen atoms in total. The van der Waals surface area contributed by atoms with E-state index < -0.39 is 6.89 Å². The molecule has 0 bridgehead atoms. The van der Waals surface area contributed by atoms with Crippen LogP contribution in [0.3, 0.4) is 0 Å². The fraction of sp³-hybridized carbons (Fsp3) is 0.667. The quantitative estimate of drug-likeness (QED) is 0.615. The molecule has 57 valence electrons. The minimum Gasteiger partial charge on any atom is -0.108 e. The molecule has 0 aliphatic heterocycles. The summed E-state index contributed by atoms with van der Waals surface area (Å²) in [4.78, 5) is 0. The van der Waals surface area contributed by atoms with Crippen molar-refractivity contribution in [1.82, 2.24) is 0 Å². The van der Waals surface area contributed by atoms with E-state index >= 15 is 0 Å². The Morgan fingerprint density at radius 2 is 1.90 bits per heavy atom. The van der Waals surface area contributed by atoms with E-state index in [9.17, 15) is 0 Å². The summed E-state index contributed by atoms with van der Waals surface area (Å²) in [7, 11) is 1.26. The van der Waals surface area contributed by atoms with Crippen LogP contribution in [-0.2, 0) is 53.8 Å². The van der Waals surface area contributed by atoms with Crippen LogP contribution in [0.25, 0.3) is 0 Å². The first kappa shape index (κ1) is 18.1. The van der Waals surface area contributed by atoms with Crippen LogP contribution in [0, 0.1) is 0 Å². The number of hydrogen-bond acceptors (Lipinski definition) is 0. The molecule has 0 aliphatic carbocycles. The fourth-order valence-electron chi connectivity index (χ4n) is 0.341. The van der Waals surface area contributed by atoms with Gasteiger partial charge in [-0.25, -0.2) is 0 Å². The first-order chi connectivity index (χ1) is 3.62. The van der Waals surface area contributed by atoms with Gasteiger partial charge in [0.15, 0.2) is 0 Å². The predicted octanol–water partition coefficient (Wildman–Crippen LogP) is 2.42. The second-order valence-electron chi connectivity index (χ2n) is 2.30. The van der Waals surface area contributed by atoms with Gasteiger partial charge in [0.1, 0.15) is 0 Å². The van der Waals surface area contributed by atoms with Gasteiger partial charge >= 0.3 is 0 Å². The summed E-state index contributed by atoms with van der Waals surface area (Å²) in [5, 5.41) is 0. The molecule has 1 atom stereocenters. The monoisotopic (exact) mass is 421 g/mol. The summed E-state index contributed by atoms with van der Waals surface area (Å²) >= 11 is 0. The standard InChI is InChI=1S/C6H14P2.W.Y/c1-5-8(3,4)6-7-2;;/h2-3,5-6H2,1,4H3;;. The van der Waals surface area contributed by atoms with E-state index in [1.807, 2.05) is 0 Å². The van der Waals surface area contributed by atoms with E-state index in [1.54, 1.807) is 0 Å². The summed E-state index contributed by atoms with van der Waals surface area (Å²) in [6.45, 7) is 3.75. The Balaban J connectivity index is -0.000000245. The van der Waals surface area contributed by atoms with Gasteiger partial charge in [-0.2, -0.15) is 0 Å². The van der Waals surface area contributed by atoms with Crippen LogP contribution in [0.1, 0.15) is 6.92 Å². The van der Waals surface area contributed by atoms with Crippen LogP contribution in [0.2, 0.25) is 0 Å². The smallest absolute Gasteiger partial charge is 0.00833 e. The van der Waals surface area contributed by atoms with Crippen LogP contribution in [0.5, 0.6) is 0 Å². The molecule has 0 rings (SSSR count). The van der Waals surface area contributed by atoms with Gasteiger partial charge in [0.2, 0.25) is 0 Å². The van der Waals surface area contributed by atoms with Crippen molar-refractivity contribution in [2.24, 2.45) is 0 Å². The molecular formula is C6H14P2WY. The van der Waals surface area contributed by atoms with Crippen molar-refractivity contribution in [3.05, 3.63) is 0 Å². The van der Waals surface area contributed by atoms with Gasteiger partial charge < -0.3 is 0 Å². The zero-order valence-electron chi connectivity index (χ0n) is 6.71. The van der Waals surface area contributed by atoms with Crippen LogP contribution >= 0.6 is 15.1 Å². The first-order valence-corrected chi connectivity index (χ1v) is 6.79. The Morgan fingerprint density at radius 1 is 1.50 bits per heavy atom. The first-order valence-electron chi connectivity index (χ1n) is 2.74. The zero-order valence-corrected chi connectivity index (χ0v) is 14.3. The number of hydrogen-bond donors (Lipinski definition) is 0. The Bertz CT molecular complexity index is 125. The minimum atomic E-state index is -0.748. The summed E-state index contributed by atoms with van der Waals surface area (Å²) in [6.07, 6.45) is 9.18. The topological polar surface area (TPSA) is 0 Å². The molecule has 1 unspecified atom stereocenters. The average Bonchev–Trinajstić information content (AvgIpc) is 1.67. The van der Waals surface area contributed by atoms with E-state index in [2.05, 4.69) is 26.2 Å². The molecule has 0 heterocycles. The van der Waals surface area contributed by atoms with Crippen LogP contribution in [-0.4, -0.2) is 31.3 Å². The third-order valence-electron chi connectivity index (χ3n) is 1.20. The van der Waals surface area contributed by atoms with Crippen molar-refractivity contribution < 1.29 is 53.8 Å². The van der Waals surface area contributed by atoms with Crippen molar-refractivity contribution >= 4 is 27.7 Å². The molecule has 0 spiro atoms. The van der Waals surface area contributed by atoms with Crippen molar-refractivity contribution in [3.8, 4) is 0 Å². The second-order valence-corrected chi connectivity index (χ2v) is 7.75. The summed E-state index contributed by atoms with van der Waals surface area (Å²) < 4.78 is 0. The Morgan fingerprint density at radius 3 is 2.00 bits per heavy atom. The largest absolute Gasteiger partial charge is 0.108 e. The van der Waals surface area contributed by atoms with E-state index in [0.717, 1.165) is 0 Å². The maximum absolute atomic E-state index is 4.14. The number of rotatable bonds is 3. The summed E-state index contributed by atoms with van der Waals surface area (Å²) in [6, 6.07) is 0. The SMILES string of the molecule is C=PCP(=C)(C)CC.[W].[Y]. The molecule has 0 aromatic rings. The molecule has 10 heavy (non-hydrogen) atoms. The Hall–Kier alpha value is 2.26. The fourth-order valence-corrected chi connectivity index (χ4v) is 3.07. The Labute approximate surface area is 106 Å². The van der Waals surface area contributed by atoms with E-state index in [4.69, 9.17) is 0 Å². The predicted molar refractivity (Wildman–Crippen MR) is 49.4 cm³/mol. The minimum absolute atomic E-state index is 0. The molecule has 4 heteroatoms. The van der Waals surface area contributed by atoms with Crippen LogP contribution < -0.4 is 0 Å². The second kappa shape index (κ2) is 9.35. The van der Waals surface area contributed by atoms with Crippen molar-refractivity contribution in [1.29, 1.82) is 0 Å². The van der Waals surface area contributed by atoms with E-state index in [1.165, 1.54) is 20.3 Å². The van der Waals surface area contributed by atoms with Crippen molar-refractivity contribution in [3.63, 3.8) is 0 Å². The van der Waals surface area contributed by atoms with Gasteiger partial charge in [0.25, 0.3) is 0 Å². The molecule has 0 saturated carbocycles. The summed E-state index contributed by atoms with van der Waals surface area (Å²) in [5.74, 6) is 1.23. The molecule has 0 N–H and O–H groups in total. The molecule has 0 fully saturated rings. The molecule has 0 amide bonds. The molecule has 0 aromatic carbocycles. The van der Waals surface area contributed by atoms with Gasteiger partial charge in [-0.3, -0.25) is 0 Å². The molecule has 1 radical (unpaired) electrons. The Kier molecular flexibility index (Phi) is 17.0. The zero-order chi connectivity index (χ0) is 6.62. The van der Waals surface area contributed by atoms with Crippen molar-refractivity contribution in [2.75, 3.05) is 18.7 Å². The van der Waals surface area contributed by atoms with Gasteiger partial charge in [-0.15, -0.1) is 21.4 Å². The molecular weight excluding hydrogens is 407 g/mol. The van der Waals surface area contributed by atoms with E-state index in [-0.39, 0.29) is 53.8 Å². The van der Waals surface area contributed by atoms with Crippen LogP contribution in [0.15, 0.2) is 0 Å². The van der Waals surface area contributed by atoms with Crippen LogP contribution in [0.4, 0.5) is 0 Å². The van der Waals surface area contributed by atoms with E-state index in [0.29, 0.717) is 0 Å². The third kappa shape index (κ3) is 10.3. The normalized spacial score (nSPS) is 14.6. The summed E-state index contributed by atoms with van der Waals surface area (Å²) in [5.41, 5.74) is 0. The molecule has 0 aromatic heterocycles. The average molecular weight is 421 g/mol. The van der Waals surface area contributed by atoms with Crippen molar-refractivity contribution in [2.45, 2.75) is 6.92 Å². The third-order valence-corrected chi connectivity index (χ3v) is 6.26. The van der Waals surface area contributed by atoms with Gasteiger partial charge in [0, 0.05) is 59.7 Å². The van der Waals surface area contributed by atoms with Gasteiger partial charge in [0.05, 0.1) is 0 Å². The van der Waals surface area contributed by atoms with Gasteiger partial charge in [-0.1, -0.05) is 13.2 Å². The maximum atomic E-state index is 4.14.